The standard InChI is InChI=1S/C21H21F3N2OS/c22-21(23,24)27-17-8-6-15(7-9-17)4-5-16-10-12-26(13-11-16)18-2-1-3-19-20(18)25-14-28-19/h1-3,6-9,14,16H,4-5,10-13H2. The maximum atomic E-state index is 12.2. The number of benzene rings is 2. The van der Waals surface area contributed by atoms with Crippen molar-refractivity contribution in [2.24, 2.45) is 5.92 Å². The maximum Gasteiger partial charge on any atom is 0.573 e. The molecule has 1 aliphatic rings. The van der Waals surface area contributed by atoms with E-state index in [1.165, 1.54) is 22.5 Å². The van der Waals surface area contributed by atoms with E-state index in [2.05, 4.69) is 32.8 Å². The summed E-state index contributed by atoms with van der Waals surface area (Å²) < 4.78 is 41.8. The Balaban J connectivity index is 1.28. The van der Waals surface area contributed by atoms with Crippen LogP contribution in [0.4, 0.5) is 18.9 Å². The Labute approximate surface area is 165 Å². The number of hydrogen-bond acceptors (Lipinski definition) is 4. The van der Waals surface area contributed by atoms with Crippen LogP contribution in [-0.2, 0) is 6.42 Å². The lowest BCUT2D eigenvalue weighted by Crippen LogP contribution is -2.33. The molecule has 2 aromatic carbocycles. The van der Waals surface area contributed by atoms with Gasteiger partial charge >= 0.3 is 6.36 Å². The van der Waals surface area contributed by atoms with Gasteiger partial charge in [-0.3, -0.25) is 0 Å². The zero-order valence-electron chi connectivity index (χ0n) is 15.3. The van der Waals surface area contributed by atoms with Gasteiger partial charge in [-0.15, -0.1) is 24.5 Å². The second-order valence-electron chi connectivity index (χ2n) is 7.14. The number of halogens is 3. The zero-order chi connectivity index (χ0) is 19.6. The fourth-order valence-corrected chi connectivity index (χ4v) is 4.52. The second-order valence-corrected chi connectivity index (χ2v) is 8.02. The summed E-state index contributed by atoms with van der Waals surface area (Å²) in [6.45, 7) is 2.03. The van der Waals surface area contributed by atoms with Gasteiger partial charge in [-0.05, 0) is 61.4 Å². The number of alkyl halides is 3. The van der Waals surface area contributed by atoms with Crippen LogP contribution in [0.25, 0.3) is 10.2 Å². The van der Waals surface area contributed by atoms with Crippen molar-refractivity contribution in [3.63, 3.8) is 0 Å². The van der Waals surface area contributed by atoms with Gasteiger partial charge in [-0.2, -0.15) is 0 Å². The van der Waals surface area contributed by atoms with Gasteiger partial charge in [0, 0.05) is 13.1 Å². The topological polar surface area (TPSA) is 25.4 Å². The summed E-state index contributed by atoms with van der Waals surface area (Å²) in [5.41, 5.74) is 5.25. The second kappa shape index (κ2) is 7.99. The Morgan fingerprint density at radius 3 is 2.54 bits per heavy atom. The number of fused-ring (bicyclic) bond motifs is 1. The van der Waals surface area contributed by atoms with Gasteiger partial charge in [0.05, 0.1) is 15.9 Å². The average Bonchev–Trinajstić information content (AvgIpc) is 3.16. The number of rotatable bonds is 5. The quantitative estimate of drug-likeness (QED) is 0.516. The predicted molar refractivity (Wildman–Crippen MR) is 106 cm³/mol. The van der Waals surface area contributed by atoms with Crippen molar-refractivity contribution in [3.8, 4) is 5.75 Å². The van der Waals surface area contributed by atoms with Crippen molar-refractivity contribution in [3.05, 3.63) is 53.5 Å². The number of aryl methyl sites for hydroxylation is 1. The van der Waals surface area contributed by atoms with E-state index in [0.717, 1.165) is 49.9 Å². The van der Waals surface area contributed by atoms with Gasteiger partial charge in [0.15, 0.2) is 0 Å². The third-order valence-electron chi connectivity index (χ3n) is 5.29. The normalized spacial score (nSPS) is 15.9. The molecule has 0 atom stereocenters. The number of hydrogen-bond donors (Lipinski definition) is 0. The third-order valence-corrected chi connectivity index (χ3v) is 6.09. The molecular weight excluding hydrogens is 385 g/mol. The lowest BCUT2D eigenvalue weighted by Gasteiger charge is -2.33. The number of piperidine rings is 1. The number of aromatic nitrogens is 1. The SMILES string of the molecule is FC(F)(F)Oc1ccc(CCC2CCN(c3cccc4scnc34)CC2)cc1. The van der Waals surface area contributed by atoms with E-state index in [1.54, 1.807) is 23.5 Å². The molecule has 1 saturated heterocycles. The van der Waals surface area contributed by atoms with Crippen molar-refractivity contribution in [2.45, 2.75) is 32.0 Å². The molecule has 0 aliphatic carbocycles. The summed E-state index contributed by atoms with van der Waals surface area (Å²) in [5.74, 6) is 0.470. The van der Waals surface area contributed by atoms with E-state index >= 15 is 0 Å². The van der Waals surface area contributed by atoms with E-state index in [-0.39, 0.29) is 5.75 Å². The zero-order valence-corrected chi connectivity index (χ0v) is 16.1. The minimum atomic E-state index is -4.64. The van der Waals surface area contributed by atoms with Crippen molar-refractivity contribution in [2.75, 3.05) is 18.0 Å². The van der Waals surface area contributed by atoms with Gasteiger partial charge in [-0.25, -0.2) is 4.98 Å². The van der Waals surface area contributed by atoms with Gasteiger partial charge < -0.3 is 9.64 Å². The van der Waals surface area contributed by atoms with Crippen molar-refractivity contribution in [1.82, 2.24) is 4.98 Å². The molecule has 1 aromatic heterocycles. The molecule has 0 radical (unpaired) electrons. The summed E-state index contributed by atoms with van der Waals surface area (Å²) in [6, 6.07) is 12.6. The van der Waals surface area contributed by atoms with Gasteiger partial charge in [-0.1, -0.05) is 18.2 Å². The van der Waals surface area contributed by atoms with Crippen LogP contribution in [0.1, 0.15) is 24.8 Å². The highest BCUT2D eigenvalue weighted by Gasteiger charge is 2.31. The van der Waals surface area contributed by atoms with Crippen LogP contribution >= 0.6 is 11.3 Å². The smallest absolute Gasteiger partial charge is 0.406 e. The van der Waals surface area contributed by atoms with Crippen LogP contribution in [0, 0.1) is 5.92 Å². The fraction of sp³-hybridized carbons (Fsp3) is 0.381. The van der Waals surface area contributed by atoms with Gasteiger partial charge in [0.25, 0.3) is 0 Å². The summed E-state index contributed by atoms with van der Waals surface area (Å²) in [4.78, 5) is 6.93. The Kier molecular flexibility index (Phi) is 5.44. The summed E-state index contributed by atoms with van der Waals surface area (Å²) >= 11 is 1.67. The van der Waals surface area contributed by atoms with E-state index in [4.69, 9.17) is 0 Å². The first kappa shape index (κ1) is 19.1. The molecule has 2 heterocycles. The summed E-state index contributed by atoms with van der Waals surface area (Å²) in [5, 5.41) is 0. The van der Waals surface area contributed by atoms with E-state index in [0.29, 0.717) is 5.92 Å². The van der Waals surface area contributed by atoms with Crippen molar-refractivity contribution >= 4 is 27.2 Å². The molecule has 0 bridgehead atoms. The molecule has 3 nitrogen and oxygen atoms in total. The minimum Gasteiger partial charge on any atom is -0.406 e. The lowest BCUT2D eigenvalue weighted by molar-refractivity contribution is -0.274. The minimum absolute atomic E-state index is 0.166. The lowest BCUT2D eigenvalue weighted by atomic mass is 9.90. The molecule has 4 rings (SSSR count). The molecule has 0 unspecified atom stereocenters. The molecule has 7 heteroatoms. The van der Waals surface area contributed by atoms with Crippen LogP contribution in [0.3, 0.4) is 0 Å². The third kappa shape index (κ3) is 4.58. The maximum absolute atomic E-state index is 12.2. The molecule has 3 aromatic rings. The van der Waals surface area contributed by atoms with Crippen LogP contribution in [0.2, 0.25) is 0 Å². The predicted octanol–water partition coefficient (Wildman–Crippen LogP) is 6.04. The van der Waals surface area contributed by atoms with Crippen LogP contribution < -0.4 is 9.64 Å². The number of ether oxygens (including phenoxy) is 1. The highest BCUT2D eigenvalue weighted by Crippen LogP contribution is 2.32. The Bertz CT molecular complexity index is 915. The summed E-state index contributed by atoms with van der Waals surface area (Å²) in [6.07, 6.45) is -0.475. The molecule has 148 valence electrons. The Morgan fingerprint density at radius 2 is 1.82 bits per heavy atom. The van der Waals surface area contributed by atoms with Crippen LogP contribution in [-0.4, -0.2) is 24.4 Å². The molecular formula is C21H21F3N2OS. The highest BCUT2D eigenvalue weighted by molar-refractivity contribution is 7.16. The number of para-hydroxylation sites is 1. The Hall–Kier alpha value is -2.28. The highest BCUT2D eigenvalue weighted by atomic mass is 32.1. The van der Waals surface area contributed by atoms with Crippen molar-refractivity contribution in [1.29, 1.82) is 0 Å². The number of anilines is 1. The van der Waals surface area contributed by atoms with Gasteiger partial charge in [0.1, 0.15) is 11.3 Å². The molecule has 28 heavy (non-hydrogen) atoms. The Morgan fingerprint density at radius 1 is 1.07 bits per heavy atom. The first-order chi connectivity index (χ1) is 13.5. The molecule has 1 aliphatic heterocycles. The average molecular weight is 406 g/mol. The molecule has 0 amide bonds. The number of nitrogens with zero attached hydrogens (tertiary/aromatic N) is 2. The fourth-order valence-electron chi connectivity index (χ4n) is 3.82. The first-order valence-electron chi connectivity index (χ1n) is 9.40. The van der Waals surface area contributed by atoms with E-state index in [1.807, 2.05) is 5.51 Å². The molecule has 1 fully saturated rings. The first-order valence-corrected chi connectivity index (χ1v) is 10.3. The van der Waals surface area contributed by atoms with Crippen LogP contribution in [0.5, 0.6) is 5.75 Å². The molecule has 0 saturated carbocycles. The molecule has 0 N–H and O–H groups in total. The van der Waals surface area contributed by atoms with Crippen molar-refractivity contribution < 1.29 is 17.9 Å². The summed E-state index contributed by atoms with van der Waals surface area (Å²) in [7, 11) is 0. The largest absolute Gasteiger partial charge is 0.573 e. The van der Waals surface area contributed by atoms with Gasteiger partial charge in [0.2, 0.25) is 0 Å². The molecule has 0 spiro atoms. The van der Waals surface area contributed by atoms with Crippen LogP contribution in [0.15, 0.2) is 48.0 Å². The number of thiazole rings is 1. The van der Waals surface area contributed by atoms with E-state index in [9.17, 15) is 13.2 Å². The monoisotopic (exact) mass is 406 g/mol. The van der Waals surface area contributed by atoms with E-state index < -0.39 is 6.36 Å².